The third-order valence-corrected chi connectivity index (χ3v) is 3.32. The van der Waals surface area contributed by atoms with Crippen molar-refractivity contribution in [1.29, 1.82) is 0 Å². The number of hydrogen-bond acceptors (Lipinski definition) is 2. The lowest BCUT2D eigenvalue weighted by atomic mass is 10.1. The minimum Gasteiger partial charge on any atom is -0.496 e. The van der Waals surface area contributed by atoms with Crippen molar-refractivity contribution >= 4 is 23.8 Å². The molecule has 2 aromatic rings. The van der Waals surface area contributed by atoms with Crippen LogP contribution in [-0.2, 0) is 5.88 Å². The third-order valence-electron chi connectivity index (χ3n) is 3.03. The van der Waals surface area contributed by atoms with Crippen LogP contribution in [0.1, 0.15) is 16.7 Å². The molecule has 0 atom stereocenters. The Labute approximate surface area is 124 Å². The van der Waals surface area contributed by atoms with Gasteiger partial charge in [0.05, 0.1) is 20.1 Å². The fourth-order valence-corrected chi connectivity index (χ4v) is 2.18. The average Bonchev–Trinajstić information content (AvgIpc) is 2.52. The van der Waals surface area contributed by atoms with E-state index < -0.39 is 0 Å². The van der Waals surface area contributed by atoms with Gasteiger partial charge in [-0.3, -0.25) is 0 Å². The number of halogens is 1. The highest BCUT2D eigenvalue weighted by atomic mass is 35.5. The summed E-state index contributed by atoms with van der Waals surface area (Å²) < 4.78 is 10.8. The van der Waals surface area contributed by atoms with Crippen LogP contribution in [0.3, 0.4) is 0 Å². The van der Waals surface area contributed by atoms with Gasteiger partial charge in [-0.25, -0.2) is 0 Å². The van der Waals surface area contributed by atoms with Gasteiger partial charge in [0.25, 0.3) is 0 Å². The van der Waals surface area contributed by atoms with E-state index in [1.807, 2.05) is 54.6 Å². The lowest BCUT2D eigenvalue weighted by molar-refractivity contribution is 0.399. The Morgan fingerprint density at radius 1 is 0.950 bits per heavy atom. The number of rotatable bonds is 5. The molecule has 104 valence electrons. The topological polar surface area (TPSA) is 18.5 Å². The molecule has 0 amide bonds. The molecular weight excluding hydrogens is 272 g/mol. The summed E-state index contributed by atoms with van der Waals surface area (Å²) in [5.74, 6) is 1.95. The van der Waals surface area contributed by atoms with E-state index >= 15 is 0 Å². The second kappa shape index (κ2) is 7.01. The molecule has 0 bridgehead atoms. The quantitative estimate of drug-likeness (QED) is 0.591. The maximum atomic E-state index is 5.91. The first kappa shape index (κ1) is 14.5. The molecule has 0 unspecified atom stereocenters. The molecule has 2 nitrogen and oxygen atoms in total. The van der Waals surface area contributed by atoms with Crippen molar-refractivity contribution in [3.05, 3.63) is 59.2 Å². The van der Waals surface area contributed by atoms with Gasteiger partial charge in [-0.15, -0.1) is 11.6 Å². The summed E-state index contributed by atoms with van der Waals surface area (Å²) in [5.41, 5.74) is 3.01. The first-order chi connectivity index (χ1) is 9.78. The lowest BCUT2D eigenvalue weighted by Crippen LogP contribution is -1.94. The minimum absolute atomic E-state index is 0.391. The number of benzene rings is 2. The van der Waals surface area contributed by atoms with E-state index in [1.165, 1.54) is 0 Å². The van der Waals surface area contributed by atoms with Crippen LogP contribution in [0.5, 0.6) is 11.5 Å². The molecule has 0 aromatic heterocycles. The minimum atomic E-state index is 0.391. The van der Waals surface area contributed by atoms with Crippen LogP contribution in [0.15, 0.2) is 42.5 Å². The van der Waals surface area contributed by atoms with Crippen molar-refractivity contribution in [2.24, 2.45) is 0 Å². The summed E-state index contributed by atoms with van der Waals surface area (Å²) in [7, 11) is 3.29. The fourth-order valence-electron chi connectivity index (χ4n) is 1.97. The third kappa shape index (κ3) is 3.34. The molecule has 0 N–H and O–H groups in total. The van der Waals surface area contributed by atoms with Crippen molar-refractivity contribution in [3.8, 4) is 11.5 Å². The van der Waals surface area contributed by atoms with Gasteiger partial charge in [0.1, 0.15) is 11.5 Å². The lowest BCUT2D eigenvalue weighted by Gasteiger charge is -2.11. The average molecular weight is 289 g/mol. The number of ether oxygens (including phenoxy) is 2. The molecule has 0 saturated heterocycles. The van der Waals surface area contributed by atoms with E-state index in [9.17, 15) is 0 Å². The van der Waals surface area contributed by atoms with Gasteiger partial charge < -0.3 is 9.47 Å². The van der Waals surface area contributed by atoms with Gasteiger partial charge in [-0.2, -0.15) is 0 Å². The molecule has 2 aromatic carbocycles. The monoisotopic (exact) mass is 288 g/mol. The molecule has 3 heteroatoms. The molecule has 2 rings (SSSR count). The predicted molar refractivity (Wildman–Crippen MR) is 84.5 cm³/mol. The highest BCUT2D eigenvalue weighted by molar-refractivity contribution is 6.17. The summed E-state index contributed by atoms with van der Waals surface area (Å²) in [6.45, 7) is 0. The largest absolute Gasteiger partial charge is 0.496 e. The van der Waals surface area contributed by atoms with Crippen LogP contribution in [0, 0.1) is 0 Å². The van der Waals surface area contributed by atoms with Gasteiger partial charge in [-0.05, 0) is 17.7 Å². The fraction of sp³-hybridized carbons (Fsp3) is 0.176. The molecule has 0 fully saturated rings. The molecule has 0 aliphatic rings. The normalized spacial score (nSPS) is 10.8. The van der Waals surface area contributed by atoms with Gasteiger partial charge in [-0.1, -0.05) is 42.5 Å². The zero-order valence-electron chi connectivity index (χ0n) is 11.6. The maximum absolute atomic E-state index is 5.91. The SMILES string of the molecule is COc1cc(CCl)c(OC)cc1C=Cc1ccccc1. The Kier molecular flexibility index (Phi) is 5.08. The number of alkyl halides is 1. The van der Waals surface area contributed by atoms with Crippen molar-refractivity contribution in [1.82, 2.24) is 0 Å². The highest BCUT2D eigenvalue weighted by Gasteiger charge is 2.08. The van der Waals surface area contributed by atoms with E-state index in [0.29, 0.717) is 5.88 Å². The Hall–Kier alpha value is -1.93. The summed E-state index contributed by atoms with van der Waals surface area (Å²) in [6.07, 6.45) is 4.05. The Morgan fingerprint density at radius 3 is 2.25 bits per heavy atom. The Bertz CT molecular complexity index is 591. The predicted octanol–water partition coefficient (Wildman–Crippen LogP) is 4.61. The van der Waals surface area contributed by atoms with Crippen LogP contribution in [-0.4, -0.2) is 14.2 Å². The van der Waals surface area contributed by atoms with Crippen LogP contribution in [0.25, 0.3) is 12.2 Å². The molecule has 0 radical (unpaired) electrons. The summed E-state index contributed by atoms with van der Waals surface area (Å²) >= 11 is 5.91. The van der Waals surface area contributed by atoms with Crippen LogP contribution in [0.2, 0.25) is 0 Å². The van der Waals surface area contributed by atoms with Crippen LogP contribution in [0.4, 0.5) is 0 Å². The molecule has 0 aliphatic heterocycles. The number of hydrogen-bond donors (Lipinski definition) is 0. The molecule has 0 spiro atoms. The van der Waals surface area contributed by atoms with Crippen molar-refractivity contribution < 1.29 is 9.47 Å². The van der Waals surface area contributed by atoms with Crippen LogP contribution < -0.4 is 9.47 Å². The Balaban J connectivity index is 2.37. The summed E-state index contributed by atoms with van der Waals surface area (Å²) in [5, 5.41) is 0. The summed E-state index contributed by atoms with van der Waals surface area (Å²) in [4.78, 5) is 0. The molecular formula is C17H17ClO2. The summed E-state index contributed by atoms with van der Waals surface area (Å²) in [6, 6.07) is 14.0. The van der Waals surface area contributed by atoms with Crippen molar-refractivity contribution in [3.63, 3.8) is 0 Å². The van der Waals surface area contributed by atoms with Crippen LogP contribution >= 0.6 is 11.6 Å². The second-order valence-electron chi connectivity index (χ2n) is 4.28. The standard InChI is InChI=1S/C17H17ClO2/c1-19-16-11-15(12-18)17(20-2)10-14(16)9-8-13-6-4-3-5-7-13/h3-11H,12H2,1-2H3. The molecule has 0 heterocycles. The smallest absolute Gasteiger partial charge is 0.126 e. The first-order valence-electron chi connectivity index (χ1n) is 6.32. The Morgan fingerprint density at radius 2 is 1.65 bits per heavy atom. The molecule has 20 heavy (non-hydrogen) atoms. The number of methoxy groups -OCH3 is 2. The van der Waals surface area contributed by atoms with E-state index in [2.05, 4.69) is 0 Å². The van der Waals surface area contributed by atoms with Crippen molar-refractivity contribution in [2.75, 3.05) is 14.2 Å². The van der Waals surface area contributed by atoms with Gasteiger partial charge in [0.2, 0.25) is 0 Å². The van der Waals surface area contributed by atoms with E-state index in [1.54, 1.807) is 14.2 Å². The maximum Gasteiger partial charge on any atom is 0.126 e. The van der Waals surface area contributed by atoms with Crippen molar-refractivity contribution in [2.45, 2.75) is 5.88 Å². The van der Waals surface area contributed by atoms with Gasteiger partial charge in [0, 0.05) is 11.1 Å². The first-order valence-corrected chi connectivity index (χ1v) is 6.86. The second-order valence-corrected chi connectivity index (χ2v) is 4.55. The zero-order valence-corrected chi connectivity index (χ0v) is 12.4. The highest BCUT2D eigenvalue weighted by Crippen LogP contribution is 2.31. The van der Waals surface area contributed by atoms with Gasteiger partial charge >= 0.3 is 0 Å². The van der Waals surface area contributed by atoms with E-state index in [0.717, 1.165) is 28.2 Å². The zero-order chi connectivity index (χ0) is 14.4. The van der Waals surface area contributed by atoms with Gasteiger partial charge in [0.15, 0.2) is 0 Å². The molecule has 0 aliphatic carbocycles. The molecule has 0 saturated carbocycles. The van der Waals surface area contributed by atoms with E-state index in [-0.39, 0.29) is 0 Å². The van der Waals surface area contributed by atoms with E-state index in [4.69, 9.17) is 21.1 Å².